The summed E-state index contributed by atoms with van der Waals surface area (Å²) in [6.45, 7) is 6.12. The molecule has 19 heavy (non-hydrogen) atoms. The first kappa shape index (κ1) is 15.7. The van der Waals surface area contributed by atoms with E-state index in [0.717, 1.165) is 5.56 Å². The minimum atomic E-state index is -3.59. The van der Waals surface area contributed by atoms with Gasteiger partial charge in [-0.15, -0.1) is 0 Å². The molecule has 0 heterocycles. The van der Waals surface area contributed by atoms with Crippen LogP contribution in [0.2, 0.25) is 0 Å². The van der Waals surface area contributed by atoms with Crippen LogP contribution in [0, 0.1) is 0 Å². The minimum Gasteiger partial charge on any atom is -0.368 e. The Balaban J connectivity index is 3.01. The van der Waals surface area contributed by atoms with Crippen molar-refractivity contribution in [1.29, 1.82) is 0 Å². The molecule has 0 saturated carbocycles. The number of carbonyl (C=O) groups excluding carboxylic acids is 1. The number of carbonyl (C=O) groups is 1. The first-order valence-electron chi connectivity index (χ1n) is 5.92. The maximum absolute atomic E-state index is 12.0. The first-order chi connectivity index (χ1) is 8.54. The van der Waals surface area contributed by atoms with Gasteiger partial charge < -0.3 is 11.5 Å². The van der Waals surface area contributed by atoms with Crippen LogP contribution in [-0.4, -0.2) is 26.1 Å². The number of amides is 1. The first-order valence-corrected chi connectivity index (χ1v) is 7.57. The van der Waals surface area contributed by atoms with Gasteiger partial charge in [-0.05, 0) is 23.1 Å². The smallest absolute Gasteiger partial charge is 0.235 e. The van der Waals surface area contributed by atoms with Crippen molar-refractivity contribution in [3.05, 3.63) is 29.8 Å². The van der Waals surface area contributed by atoms with E-state index in [1.54, 1.807) is 12.1 Å². The summed E-state index contributed by atoms with van der Waals surface area (Å²) in [4.78, 5) is 11.0. The van der Waals surface area contributed by atoms with Crippen molar-refractivity contribution >= 4 is 15.7 Å². The minimum absolute atomic E-state index is 0.0497. The molecule has 0 aliphatic heterocycles. The Morgan fingerprint density at radius 3 is 2.05 bits per heavy atom. The Kier molecular flexibility index (Phi) is 4.37. The maximum atomic E-state index is 12.0. The van der Waals surface area contributed by atoms with E-state index in [2.05, 4.69) is 0 Å². The Bertz CT molecular complexity index is 557. The molecule has 0 radical (unpaired) electrons. The lowest BCUT2D eigenvalue weighted by Crippen LogP contribution is -2.41. The normalized spacial score (nSPS) is 14.1. The summed E-state index contributed by atoms with van der Waals surface area (Å²) >= 11 is 0. The molecule has 0 aromatic heterocycles. The van der Waals surface area contributed by atoms with Gasteiger partial charge in [-0.3, -0.25) is 4.79 Å². The highest BCUT2D eigenvalue weighted by atomic mass is 32.2. The van der Waals surface area contributed by atoms with Crippen LogP contribution in [0.4, 0.5) is 0 Å². The summed E-state index contributed by atoms with van der Waals surface area (Å²) in [6.07, 6.45) is 0. The molecule has 0 saturated heterocycles. The fourth-order valence-corrected chi connectivity index (χ4v) is 2.96. The van der Waals surface area contributed by atoms with Crippen LogP contribution >= 0.6 is 0 Å². The second kappa shape index (κ2) is 5.30. The lowest BCUT2D eigenvalue weighted by atomic mass is 9.87. The number of rotatable bonds is 4. The van der Waals surface area contributed by atoms with Gasteiger partial charge in [-0.25, -0.2) is 8.42 Å². The average Bonchev–Trinajstić information content (AvgIpc) is 2.27. The largest absolute Gasteiger partial charge is 0.368 e. The van der Waals surface area contributed by atoms with Gasteiger partial charge in [0.25, 0.3) is 0 Å². The monoisotopic (exact) mass is 284 g/mol. The van der Waals surface area contributed by atoms with Crippen LogP contribution in [0.15, 0.2) is 29.2 Å². The van der Waals surface area contributed by atoms with Gasteiger partial charge in [0.2, 0.25) is 5.91 Å². The molecule has 0 aliphatic carbocycles. The Hall–Kier alpha value is -1.40. The molecule has 6 heteroatoms. The average molecular weight is 284 g/mol. The van der Waals surface area contributed by atoms with E-state index in [9.17, 15) is 13.2 Å². The molecular formula is C13H20N2O3S. The van der Waals surface area contributed by atoms with Crippen molar-refractivity contribution in [3.8, 4) is 0 Å². The molecule has 1 aromatic carbocycles. The third-order valence-electron chi connectivity index (χ3n) is 2.84. The zero-order valence-electron chi connectivity index (χ0n) is 11.4. The van der Waals surface area contributed by atoms with Crippen molar-refractivity contribution in [2.75, 3.05) is 5.75 Å². The zero-order chi connectivity index (χ0) is 14.8. The maximum Gasteiger partial charge on any atom is 0.235 e. The Labute approximate surface area is 113 Å². The van der Waals surface area contributed by atoms with Crippen LogP contribution in [0.1, 0.15) is 26.3 Å². The summed E-state index contributed by atoms with van der Waals surface area (Å²) in [5.41, 5.74) is 11.3. The van der Waals surface area contributed by atoms with E-state index in [1.807, 2.05) is 20.8 Å². The lowest BCUT2D eigenvalue weighted by molar-refractivity contribution is -0.118. The predicted molar refractivity (Wildman–Crippen MR) is 74.4 cm³/mol. The molecule has 1 rings (SSSR count). The van der Waals surface area contributed by atoms with Gasteiger partial charge >= 0.3 is 0 Å². The second-order valence-electron chi connectivity index (χ2n) is 5.56. The van der Waals surface area contributed by atoms with E-state index in [0.29, 0.717) is 0 Å². The Morgan fingerprint density at radius 2 is 1.68 bits per heavy atom. The van der Waals surface area contributed by atoms with Crippen LogP contribution in [-0.2, 0) is 20.0 Å². The van der Waals surface area contributed by atoms with Crippen molar-refractivity contribution in [2.45, 2.75) is 37.1 Å². The van der Waals surface area contributed by atoms with Gasteiger partial charge in [0.05, 0.1) is 16.7 Å². The van der Waals surface area contributed by atoms with Gasteiger partial charge in [0, 0.05) is 0 Å². The van der Waals surface area contributed by atoms with Crippen LogP contribution in [0.25, 0.3) is 0 Å². The van der Waals surface area contributed by atoms with Gasteiger partial charge in [-0.1, -0.05) is 32.9 Å². The molecule has 5 nitrogen and oxygen atoms in total. The highest BCUT2D eigenvalue weighted by molar-refractivity contribution is 7.91. The van der Waals surface area contributed by atoms with E-state index in [-0.39, 0.29) is 10.3 Å². The van der Waals surface area contributed by atoms with E-state index >= 15 is 0 Å². The summed E-state index contributed by atoms with van der Waals surface area (Å²) in [5, 5.41) is 0. The summed E-state index contributed by atoms with van der Waals surface area (Å²) in [7, 11) is -3.59. The van der Waals surface area contributed by atoms with Crippen molar-refractivity contribution < 1.29 is 13.2 Å². The number of sulfone groups is 1. The lowest BCUT2D eigenvalue weighted by Gasteiger charge is -2.19. The number of benzene rings is 1. The van der Waals surface area contributed by atoms with Crippen LogP contribution < -0.4 is 11.5 Å². The number of nitrogens with two attached hydrogens (primary N) is 2. The number of primary amides is 1. The SMILES string of the molecule is CC(C)(C)c1ccc(S(=O)(=O)CC(N)C(N)=O)cc1. The molecular weight excluding hydrogens is 264 g/mol. The van der Waals surface area contributed by atoms with E-state index < -0.39 is 27.5 Å². The molecule has 1 atom stereocenters. The molecule has 0 bridgehead atoms. The van der Waals surface area contributed by atoms with Gasteiger partial charge in [0.15, 0.2) is 9.84 Å². The zero-order valence-corrected chi connectivity index (χ0v) is 12.2. The molecule has 1 unspecified atom stereocenters. The Morgan fingerprint density at radius 1 is 1.21 bits per heavy atom. The standard InChI is InChI=1S/C13H20N2O3S/c1-13(2,3)9-4-6-10(7-5-9)19(17,18)8-11(14)12(15)16/h4-7,11H,8,14H2,1-3H3,(H2,15,16). The predicted octanol–water partition coefficient (Wildman–Crippen LogP) is 0.570. The van der Waals surface area contributed by atoms with Crippen molar-refractivity contribution in [3.63, 3.8) is 0 Å². The molecule has 1 amide bonds. The second-order valence-corrected chi connectivity index (χ2v) is 7.60. The van der Waals surface area contributed by atoms with Crippen molar-refractivity contribution in [1.82, 2.24) is 0 Å². The van der Waals surface area contributed by atoms with Gasteiger partial charge in [0.1, 0.15) is 0 Å². The van der Waals surface area contributed by atoms with Crippen LogP contribution in [0.5, 0.6) is 0 Å². The van der Waals surface area contributed by atoms with Gasteiger partial charge in [-0.2, -0.15) is 0 Å². The van der Waals surface area contributed by atoms with E-state index in [1.165, 1.54) is 12.1 Å². The van der Waals surface area contributed by atoms with Crippen LogP contribution in [0.3, 0.4) is 0 Å². The quantitative estimate of drug-likeness (QED) is 0.843. The highest BCUT2D eigenvalue weighted by Crippen LogP contribution is 2.23. The number of hydrogen-bond donors (Lipinski definition) is 2. The third kappa shape index (κ3) is 4.04. The van der Waals surface area contributed by atoms with Crippen molar-refractivity contribution in [2.24, 2.45) is 11.5 Å². The summed E-state index contributed by atoms with van der Waals surface area (Å²) in [6, 6.07) is 5.41. The molecule has 0 spiro atoms. The molecule has 0 aliphatic rings. The fourth-order valence-electron chi connectivity index (χ4n) is 1.58. The summed E-state index contributed by atoms with van der Waals surface area (Å²) in [5.74, 6) is -1.30. The highest BCUT2D eigenvalue weighted by Gasteiger charge is 2.22. The number of hydrogen-bond acceptors (Lipinski definition) is 4. The third-order valence-corrected chi connectivity index (χ3v) is 4.63. The fraction of sp³-hybridized carbons (Fsp3) is 0.462. The molecule has 0 fully saturated rings. The molecule has 4 N–H and O–H groups in total. The molecule has 106 valence electrons. The summed E-state index contributed by atoms with van der Waals surface area (Å²) < 4.78 is 24.0. The molecule has 1 aromatic rings. The topological polar surface area (TPSA) is 103 Å². The van der Waals surface area contributed by atoms with E-state index in [4.69, 9.17) is 11.5 Å².